The highest BCUT2D eigenvalue weighted by molar-refractivity contribution is 6.06. The molecular weight excluding hydrogens is 773 g/mol. The number of benzene rings is 3. The van der Waals surface area contributed by atoms with E-state index in [1.165, 1.54) is 5.01 Å². The van der Waals surface area contributed by atoms with Crippen LogP contribution in [0.2, 0.25) is 0 Å². The van der Waals surface area contributed by atoms with Crippen LogP contribution in [0.25, 0.3) is 11.1 Å². The zero-order valence-electron chi connectivity index (χ0n) is 35.1. The molecular formula is C47H54N8O6. The van der Waals surface area contributed by atoms with Gasteiger partial charge in [0.1, 0.15) is 18.7 Å². The minimum atomic E-state index is -0.904. The average molecular weight is 827 g/mol. The Morgan fingerprint density at radius 1 is 0.820 bits per heavy atom. The summed E-state index contributed by atoms with van der Waals surface area (Å²) in [5.41, 5.74) is 8.97. The van der Waals surface area contributed by atoms with E-state index in [1.54, 1.807) is 24.2 Å². The summed E-state index contributed by atoms with van der Waals surface area (Å²) >= 11 is 0. The van der Waals surface area contributed by atoms with Crippen molar-refractivity contribution in [2.75, 3.05) is 25.0 Å². The molecule has 3 heterocycles. The first kappa shape index (κ1) is 42.6. The summed E-state index contributed by atoms with van der Waals surface area (Å²) in [5.74, 6) is -1.27. The number of nitrogens with one attached hydrogen (secondary N) is 4. The Labute approximate surface area is 356 Å². The molecule has 0 saturated heterocycles. The van der Waals surface area contributed by atoms with Gasteiger partial charge in [0.15, 0.2) is 0 Å². The van der Waals surface area contributed by atoms with E-state index in [-0.39, 0.29) is 42.2 Å². The molecule has 0 saturated carbocycles. The number of hydrogen-bond donors (Lipinski definition) is 4. The van der Waals surface area contributed by atoms with E-state index >= 15 is 0 Å². The van der Waals surface area contributed by atoms with Gasteiger partial charge in [-0.15, -0.1) is 0 Å². The van der Waals surface area contributed by atoms with Crippen LogP contribution in [0, 0.1) is 11.8 Å². The maximum Gasteiger partial charge on any atom is 0.407 e. The molecule has 14 heteroatoms. The number of unbranched alkanes of at least 4 members (excludes halogenated alkanes) is 2. The molecule has 3 aromatic carbocycles. The molecule has 4 aromatic rings. The smallest absolute Gasteiger partial charge is 0.407 e. The van der Waals surface area contributed by atoms with Crippen LogP contribution in [-0.2, 0) is 32.2 Å². The maximum absolute atomic E-state index is 13.3. The second-order valence-corrected chi connectivity index (χ2v) is 16.4. The van der Waals surface area contributed by atoms with Gasteiger partial charge in [-0.1, -0.05) is 81.4 Å². The van der Waals surface area contributed by atoms with Gasteiger partial charge in [0, 0.05) is 62.5 Å². The summed E-state index contributed by atoms with van der Waals surface area (Å²) in [6.07, 6.45) is 5.30. The third kappa shape index (κ3) is 10.1. The topological polar surface area (TPSA) is 174 Å². The first-order valence-corrected chi connectivity index (χ1v) is 21.1. The lowest BCUT2D eigenvalue weighted by atomic mass is 9.93. The van der Waals surface area contributed by atoms with E-state index in [0.717, 1.165) is 51.1 Å². The van der Waals surface area contributed by atoms with E-state index in [2.05, 4.69) is 38.4 Å². The third-order valence-electron chi connectivity index (χ3n) is 11.6. The van der Waals surface area contributed by atoms with Crippen LogP contribution in [0.3, 0.4) is 0 Å². The predicted octanol–water partition coefficient (Wildman–Crippen LogP) is 6.56. The number of rotatable bonds is 15. The lowest BCUT2D eigenvalue weighted by Gasteiger charge is -2.28. The fourth-order valence-corrected chi connectivity index (χ4v) is 8.15. The molecule has 14 nitrogen and oxygen atoms in total. The van der Waals surface area contributed by atoms with Crippen molar-refractivity contribution in [3.8, 4) is 11.1 Å². The summed E-state index contributed by atoms with van der Waals surface area (Å²) in [5, 5.41) is 17.5. The van der Waals surface area contributed by atoms with Gasteiger partial charge in [-0.3, -0.25) is 19.4 Å². The molecule has 2 aliphatic heterocycles. The van der Waals surface area contributed by atoms with Crippen LogP contribution < -0.4 is 21.3 Å². The number of pyridine rings is 1. The molecule has 6 amide bonds. The number of carbonyl (C=O) groups is 5. The van der Waals surface area contributed by atoms with Crippen LogP contribution >= 0.6 is 0 Å². The summed E-state index contributed by atoms with van der Waals surface area (Å²) in [4.78, 5) is 70.8. The number of urea groups is 1. The van der Waals surface area contributed by atoms with Crippen LogP contribution in [-0.4, -0.2) is 82.2 Å². The van der Waals surface area contributed by atoms with E-state index in [1.807, 2.05) is 87.5 Å². The van der Waals surface area contributed by atoms with Gasteiger partial charge in [-0.25, -0.2) is 14.6 Å². The number of hydrogen-bond acceptors (Lipinski definition) is 8. The van der Waals surface area contributed by atoms with Crippen molar-refractivity contribution in [1.29, 1.82) is 0 Å². The van der Waals surface area contributed by atoms with Crippen LogP contribution in [0.15, 0.2) is 96.4 Å². The van der Waals surface area contributed by atoms with Crippen molar-refractivity contribution in [3.63, 3.8) is 0 Å². The highest BCUT2D eigenvalue weighted by Crippen LogP contribution is 2.44. The molecule has 3 atom stereocenters. The standard InChI is InChI=1S/C47H54N8O6/c1-29(2)42(52-47(60)61-28-40-38-14-8-6-12-36(38)37-13-7-9-15-39(37)40)45(58)50-31(4)44(57)49-21-10-5-11-23-55-41(56)24-30(3)43(53-55)32-16-18-35(19-17-32)51-46(59)54-26-33-20-22-48-25-34(33)27-54/h6-9,12-20,22,25,29-31,40,42H,5,10-11,21,23-24,26-28H2,1-4H3,(H,49,57)(H,50,58)(H,51,59)(H,52,60)/t30?,31-,42-/m0/s1. The van der Waals surface area contributed by atoms with Gasteiger partial charge in [0.05, 0.1) is 5.71 Å². The van der Waals surface area contributed by atoms with Gasteiger partial charge in [-0.2, -0.15) is 5.10 Å². The second-order valence-electron chi connectivity index (χ2n) is 16.4. The Morgan fingerprint density at radius 3 is 2.20 bits per heavy atom. The number of amides is 6. The fourth-order valence-electron chi connectivity index (χ4n) is 8.15. The predicted molar refractivity (Wildman–Crippen MR) is 232 cm³/mol. The quantitative estimate of drug-likeness (QED) is 0.0983. The van der Waals surface area contributed by atoms with E-state index in [9.17, 15) is 24.0 Å². The average Bonchev–Trinajstić information content (AvgIpc) is 3.84. The second kappa shape index (κ2) is 19.2. The minimum absolute atomic E-state index is 0.0346. The number of alkyl carbamates (subject to hydrolysis) is 1. The molecule has 7 rings (SSSR count). The third-order valence-corrected chi connectivity index (χ3v) is 11.6. The largest absolute Gasteiger partial charge is 0.449 e. The molecule has 1 aliphatic carbocycles. The first-order chi connectivity index (χ1) is 29.5. The van der Waals surface area contributed by atoms with Gasteiger partial charge in [0.25, 0.3) is 0 Å². The lowest BCUT2D eigenvalue weighted by Crippen LogP contribution is -2.54. The minimum Gasteiger partial charge on any atom is -0.449 e. The molecule has 1 aromatic heterocycles. The number of aromatic nitrogens is 1. The molecule has 1 unspecified atom stereocenters. The summed E-state index contributed by atoms with van der Waals surface area (Å²) in [6, 6.07) is 23.7. The molecule has 0 spiro atoms. The number of carbonyl (C=O) groups excluding carboxylic acids is 5. The van der Waals surface area contributed by atoms with Crippen molar-refractivity contribution >= 4 is 41.2 Å². The van der Waals surface area contributed by atoms with Crippen molar-refractivity contribution in [3.05, 3.63) is 119 Å². The Balaban J connectivity index is 0.811. The van der Waals surface area contributed by atoms with E-state index in [0.29, 0.717) is 51.1 Å². The van der Waals surface area contributed by atoms with Crippen LogP contribution in [0.1, 0.15) is 87.1 Å². The zero-order valence-corrected chi connectivity index (χ0v) is 35.1. The molecule has 61 heavy (non-hydrogen) atoms. The molecule has 0 bridgehead atoms. The van der Waals surface area contributed by atoms with Crippen LogP contribution in [0.5, 0.6) is 0 Å². The van der Waals surface area contributed by atoms with E-state index < -0.39 is 24.1 Å². The first-order valence-electron chi connectivity index (χ1n) is 21.1. The van der Waals surface area contributed by atoms with Crippen LogP contribution in [0.4, 0.5) is 15.3 Å². The van der Waals surface area contributed by atoms with Gasteiger partial charge in [-0.05, 0) is 89.2 Å². The summed E-state index contributed by atoms with van der Waals surface area (Å²) in [7, 11) is 0. The van der Waals surface area contributed by atoms with Crippen molar-refractivity contribution in [2.45, 2.75) is 84.5 Å². The Hall–Kier alpha value is -6.57. The molecule has 4 N–H and O–H groups in total. The number of ether oxygens (including phenoxy) is 1. The van der Waals surface area contributed by atoms with E-state index in [4.69, 9.17) is 9.84 Å². The monoisotopic (exact) mass is 826 g/mol. The van der Waals surface area contributed by atoms with Crippen molar-refractivity contribution in [1.82, 2.24) is 30.8 Å². The molecule has 318 valence electrons. The van der Waals surface area contributed by atoms with Gasteiger partial charge >= 0.3 is 12.1 Å². The maximum atomic E-state index is 13.3. The van der Waals surface area contributed by atoms with Gasteiger partial charge < -0.3 is 30.9 Å². The Bertz CT molecular complexity index is 2220. The number of anilines is 1. The highest BCUT2D eigenvalue weighted by Gasteiger charge is 2.32. The number of hydrazone groups is 1. The van der Waals surface area contributed by atoms with Crippen molar-refractivity contribution < 1.29 is 28.7 Å². The fraction of sp³-hybridized carbons (Fsp3) is 0.383. The highest BCUT2D eigenvalue weighted by atomic mass is 16.5. The molecule has 0 fully saturated rings. The summed E-state index contributed by atoms with van der Waals surface area (Å²) < 4.78 is 5.67. The number of fused-ring (bicyclic) bond motifs is 4. The molecule has 3 aliphatic rings. The van der Waals surface area contributed by atoms with Gasteiger partial charge in [0.2, 0.25) is 17.7 Å². The summed E-state index contributed by atoms with van der Waals surface area (Å²) in [6.45, 7) is 9.26. The number of nitrogens with zero attached hydrogens (tertiary/aromatic N) is 4. The lowest BCUT2D eigenvalue weighted by molar-refractivity contribution is -0.132. The Kier molecular flexibility index (Phi) is 13.4. The SMILES string of the molecule is CC1CC(=O)N(CCCCCNC(=O)[C@H](C)NC(=O)[C@@H](NC(=O)OCC2c3ccccc3-c3ccccc32)C(C)C)N=C1c1ccc(NC(=O)N2Cc3ccncc3C2)cc1. The molecule has 0 radical (unpaired) electrons. The normalized spacial score (nSPS) is 16.5. The zero-order chi connectivity index (χ0) is 43.0. The van der Waals surface area contributed by atoms with Crippen molar-refractivity contribution in [2.24, 2.45) is 16.9 Å². The Morgan fingerprint density at radius 2 is 1.51 bits per heavy atom.